The molecule has 0 spiro atoms. The van der Waals surface area contributed by atoms with Gasteiger partial charge >= 0.3 is 5.97 Å². The molecule has 8 heteroatoms. The molecule has 1 aromatic rings. The zero-order valence-corrected chi connectivity index (χ0v) is 11.9. The van der Waals surface area contributed by atoms with Gasteiger partial charge in [-0.05, 0) is 13.0 Å². The highest BCUT2D eigenvalue weighted by atomic mass is 16.6. The van der Waals surface area contributed by atoms with Crippen LogP contribution in [0.1, 0.15) is 13.3 Å². The summed E-state index contributed by atoms with van der Waals surface area (Å²) in [5, 5.41) is 10.7. The van der Waals surface area contributed by atoms with Crippen LogP contribution >= 0.6 is 0 Å². The van der Waals surface area contributed by atoms with Crippen molar-refractivity contribution in [2.45, 2.75) is 19.4 Å². The zero-order chi connectivity index (χ0) is 15.8. The summed E-state index contributed by atoms with van der Waals surface area (Å²) in [5.74, 6) is 0.102. The van der Waals surface area contributed by atoms with Gasteiger partial charge in [0.15, 0.2) is 11.5 Å². The van der Waals surface area contributed by atoms with Gasteiger partial charge in [-0.15, -0.1) is 0 Å². The Bertz CT molecular complexity index is 505. The van der Waals surface area contributed by atoms with Gasteiger partial charge in [-0.2, -0.15) is 0 Å². The molecule has 0 saturated heterocycles. The fourth-order valence-corrected chi connectivity index (χ4v) is 1.55. The van der Waals surface area contributed by atoms with Crippen LogP contribution < -0.4 is 15.2 Å². The van der Waals surface area contributed by atoms with E-state index < -0.39 is 16.9 Å². The van der Waals surface area contributed by atoms with Gasteiger partial charge in [0.1, 0.15) is 6.04 Å². The van der Waals surface area contributed by atoms with Crippen LogP contribution in [0.15, 0.2) is 18.2 Å². The van der Waals surface area contributed by atoms with Crippen molar-refractivity contribution in [1.29, 1.82) is 0 Å². The lowest BCUT2D eigenvalue weighted by molar-refractivity contribution is -0.385. The van der Waals surface area contributed by atoms with Gasteiger partial charge in [0.2, 0.25) is 0 Å². The van der Waals surface area contributed by atoms with E-state index >= 15 is 0 Å². The average Bonchev–Trinajstić information content (AvgIpc) is 2.47. The van der Waals surface area contributed by atoms with Crippen molar-refractivity contribution in [1.82, 2.24) is 0 Å². The summed E-state index contributed by atoms with van der Waals surface area (Å²) in [6.45, 7) is 2.13. The second-order valence-corrected chi connectivity index (χ2v) is 4.09. The minimum atomic E-state index is -0.769. The molecule has 1 unspecified atom stereocenters. The number of benzene rings is 1. The van der Waals surface area contributed by atoms with Gasteiger partial charge in [0.05, 0.1) is 31.3 Å². The Balaban J connectivity index is 2.59. The highest BCUT2D eigenvalue weighted by molar-refractivity contribution is 5.75. The number of nitro groups is 1. The molecule has 0 aromatic heterocycles. The molecule has 0 fully saturated rings. The standard InChI is InChI=1S/C13H18N2O6/c1-3-20-13(16)10(14)6-7-21-11-5-4-9(15(17)18)8-12(11)19-2/h4-5,8,10H,3,6-7,14H2,1-2H3. The number of hydrogen-bond donors (Lipinski definition) is 1. The van der Waals surface area contributed by atoms with Crippen molar-refractivity contribution < 1.29 is 23.9 Å². The Morgan fingerprint density at radius 2 is 2.14 bits per heavy atom. The summed E-state index contributed by atoms with van der Waals surface area (Å²) >= 11 is 0. The lowest BCUT2D eigenvalue weighted by Crippen LogP contribution is -2.33. The third-order valence-corrected chi connectivity index (χ3v) is 2.63. The molecule has 2 N–H and O–H groups in total. The van der Waals surface area contributed by atoms with Crippen LogP contribution in [-0.2, 0) is 9.53 Å². The first kappa shape index (κ1) is 16.7. The van der Waals surface area contributed by atoms with Crippen molar-refractivity contribution in [3.8, 4) is 11.5 Å². The smallest absolute Gasteiger partial charge is 0.323 e. The van der Waals surface area contributed by atoms with Crippen LogP contribution in [0.5, 0.6) is 11.5 Å². The van der Waals surface area contributed by atoms with Gasteiger partial charge in [-0.1, -0.05) is 0 Å². The third kappa shape index (κ3) is 4.92. The van der Waals surface area contributed by atoms with Crippen LogP contribution in [-0.4, -0.2) is 37.3 Å². The number of carbonyl (C=O) groups is 1. The van der Waals surface area contributed by atoms with Gasteiger partial charge in [-0.25, -0.2) is 0 Å². The summed E-state index contributed by atoms with van der Waals surface area (Å²) in [6, 6.07) is 3.24. The number of ether oxygens (including phenoxy) is 3. The third-order valence-electron chi connectivity index (χ3n) is 2.63. The average molecular weight is 298 g/mol. The summed E-state index contributed by atoms with van der Waals surface area (Å²) in [7, 11) is 1.39. The van der Waals surface area contributed by atoms with E-state index in [0.29, 0.717) is 5.75 Å². The highest BCUT2D eigenvalue weighted by Gasteiger charge is 2.16. The summed E-state index contributed by atoms with van der Waals surface area (Å²) in [5.41, 5.74) is 5.53. The first-order chi connectivity index (χ1) is 9.99. The predicted octanol–water partition coefficient (Wildman–Crippen LogP) is 1.26. The molecule has 0 heterocycles. The van der Waals surface area contributed by atoms with E-state index in [0.717, 1.165) is 0 Å². The van der Waals surface area contributed by atoms with E-state index in [1.807, 2.05) is 0 Å². The predicted molar refractivity (Wildman–Crippen MR) is 74.4 cm³/mol. The van der Waals surface area contributed by atoms with E-state index in [1.54, 1.807) is 6.92 Å². The van der Waals surface area contributed by atoms with E-state index in [4.69, 9.17) is 19.9 Å². The van der Waals surface area contributed by atoms with E-state index in [2.05, 4.69) is 0 Å². The fraction of sp³-hybridized carbons (Fsp3) is 0.462. The van der Waals surface area contributed by atoms with Crippen molar-refractivity contribution >= 4 is 11.7 Å². The lowest BCUT2D eigenvalue weighted by Gasteiger charge is -2.13. The molecule has 0 saturated carbocycles. The molecular weight excluding hydrogens is 280 g/mol. The number of non-ortho nitro benzene ring substituents is 1. The number of methoxy groups -OCH3 is 1. The van der Waals surface area contributed by atoms with Crippen LogP contribution in [0.2, 0.25) is 0 Å². The highest BCUT2D eigenvalue weighted by Crippen LogP contribution is 2.31. The number of esters is 1. The Morgan fingerprint density at radius 3 is 2.71 bits per heavy atom. The van der Waals surface area contributed by atoms with Crippen LogP contribution in [0.25, 0.3) is 0 Å². The first-order valence-corrected chi connectivity index (χ1v) is 6.37. The SMILES string of the molecule is CCOC(=O)C(N)CCOc1ccc([N+](=O)[O-])cc1OC. The minimum Gasteiger partial charge on any atom is -0.493 e. The maximum Gasteiger partial charge on any atom is 0.323 e. The molecule has 1 rings (SSSR count). The fourth-order valence-electron chi connectivity index (χ4n) is 1.55. The zero-order valence-electron chi connectivity index (χ0n) is 11.9. The normalized spacial score (nSPS) is 11.6. The number of nitrogens with two attached hydrogens (primary N) is 1. The van der Waals surface area contributed by atoms with Crippen molar-refractivity contribution in [2.24, 2.45) is 5.73 Å². The van der Waals surface area contributed by atoms with Gasteiger partial charge in [0, 0.05) is 12.5 Å². The first-order valence-electron chi connectivity index (χ1n) is 6.37. The van der Waals surface area contributed by atoms with E-state index in [1.165, 1.54) is 25.3 Å². The largest absolute Gasteiger partial charge is 0.493 e. The Morgan fingerprint density at radius 1 is 1.43 bits per heavy atom. The number of hydrogen-bond acceptors (Lipinski definition) is 7. The van der Waals surface area contributed by atoms with Gasteiger partial charge in [0.25, 0.3) is 5.69 Å². The summed E-state index contributed by atoms with van der Waals surface area (Å²) in [4.78, 5) is 21.5. The maximum absolute atomic E-state index is 11.3. The summed E-state index contributed by atoms with van der Waals surface area (Å²) < 4.78 is 15.2. The molecule has 116 valence electrons. The van der Waals surface area contributed by atoms with Gasteiger partial charge in [-0.3, -0.25) is 14.9 Å². The summed E-state index contributed by atoms with van der Waals surface area (Å²) in [6.07, 6.45) is 0.263. The van der Waals surface area contributed by atoms with Crippen molar-refractivity contribution in [3.05, 3.63) is 28.3 Å². The molecule has 0 amide bonds. The molecular formula is C13H18N2O6. The lowest BCUT2D eigenvalue weighted by atomic mass is 10.2. The minimum absolute atomic E-state index is 0.0950. The molecule has 0 aliphatic carbocycles. The second kappa shape index (κ2) is 8.05. The quantitative estimate of drug-likeness (QED) is 0.436. The topological polar surface area (TPSA) is 114 Å². The molecule has 21 heavy (non-hydrogen) atoms. The molecule has 8 nitrogen and oxygen atoms in total. The molecule has 0 aliphatic heterocycles. The van der Waals surface area contributed by atoms with Crippen LogP contribution in [0, 0.1) is 10.1 Å². The van der Waals surface area contributed by atoms with Gasteiger partial charge < -0.3 is 19.9 Å². The molecule has 0 bridgehead atoms. The Hall–Kier alpha value is -2.35. The van der Waals surface area contributed by atoms with Crippen molar-refractivity contribution in [3.63, 3.8) is 0 Å². The molecule has 1 aromatic carbocycles. The van der Waals surface area contributed by atoms with E-state index in [9.17, 15) is 14.9 Å². The molecule has 0 radical (unpaired) electrons. The monoisotopic (exact) mass is 298 g/mol. The maximum atomic E-state index is 11.3. The number of rotatable bonds is 8. The Kier molecular flexibility index (Phi) is 6.41. The molecule has 1 atom stereocenters. The molecule has 0 aliphatic rings. The number of carbonyl (C=O) groups excluding carboxylic acids is 1. The second-order valence-electron chi connectivity index (χ2n) is 4.09. The Labute approximate surface area is 121 Å². The number of nitrogens with zero attached hydrogens (tertiary/aromatic N) is 1. The number of nitro benzene ring substituents is 1. The van der Waals surface area contributed by atoms with E-state index in [-0.39, 0.29) is 31.1 Å². The van der Waals surface area contributed by atoms with Crippen molar-refractivity contribution in [2.75, 3.05) is 20.3 Å². The van der Waals surface area contributed by atoms with Crippen LogP contribution in [0.3, 0.4) is 0 Å². The van der Waals surface area contributed by atoms with Crippen LogP contribution in [0.4, 0.5) is 5.69 Å².